The summed E-state index contributed by atoms with van der Waals surface area (Å²) in [5.74, 6) is 0.372. The predicted octanol–water partition coefficient (Wildman–Crippen LogP) is 3.76. The minimum Gasteiger partial charge on any atom is -0.492 e. The zero-order valence-corrected chi connectivity index (χ0v) is 16.9. The fourth-order valence-corrected chi connectivity index (χ4v) is 3.02. The van der Waals surface area contributed by atoms with Gasteiger partial charge < -0.3 is 19.2 Å². The zero-order valence-electron chi connectivity index (χ0n) is 16.9. The van der Waals surface area contributed by atoms with Gasteiger partial charge >= 0.3 is 5.97 Å². The van der Waals surface area contributed by atoms with E-state index in [9.17, 15) is 9.59 Å². The Hall–Kier alpha value is -3.12. The minimum absolute atomic E-state index is 0.0981. The lowest BCUT2D eigenvalue weighted by Crippen LogP contribution is -2.16. The van der Waals surface area contributed by atoms with Crippen LogP contribution in [0.25, 0.3) is 11.0 Å². The van der Waals surface area contributed by atoms with E-state index in [4.69, 9.17) is 13.9 Å². The quantitative estimate of drug-likeness (QED) is 0.338. The third-order valence-corrected chi connectivity index (χ3v) is 4.30. The second kappa shape index (κ2) is 9.39. The third-order valence-electron chi connectivity index (χ3n) is 4.30. The molecule has 6 heteroatoms. The van der Waals surface area contributed by atoms with Crippen molar-refractivity contribution >= 4 is 22.7 Å². The highest BCUT2D eigenvalue weighted by Gasteiger charge is 2.24. The molecule has 0 aliphatic rings. The molecule has 1 heterocycles. The van der Waals surface area contributed by atoms with Crippen molar-refractivity contribution < 1.29 is 23.5 Å². The second-order valence-corrected chi connectivity index (χ2v) is 6.92. The summed E-state index contributed by atoms with van der Waals surface area (Å²) in [7, 11) is 1.86. The van der Waals surface area contributed by atoms with Crippen LogP contribution in [0.2, 0.25) is 0 Å². The second-order valence-electron chi connectivity index (χ2n) is 6.92. The van der Waals surface area contributed by atoms with E-state index in [1.807, 2.05) is 25.2 Å². The fourth-order valence-electron chi connectivity index (χ4n) is 3.02. The SMILES string of the molecule is CNCCOc1ccc(C(=O)c2c(CC(=O)OC(C)C)oc3ccccc23)cc1. The van der Waals surface area contributed by atoms with Gasteiger partial charge in [-0.25, -0.2) is 0 Å². The number of ether oxygens (including phenoxy) is 2. The van der Waals surface area contributed by atoms with E-state index in [1.165, 1.54) is 0 Å². The summed E-state index contributed by atoms with van der Waals surface area (Å²) in [6.07, 6.45) is -0.333. The van der Waals surface area contributed by atoms with Crippen molar-refractivity contribution in [2.75, 3.05) is 20.2 Å². The van der Waals surface area contributed by atoms with Crippen molar-refractivity contribution in [3.05, 3.63) is 65.4 Å². The smallest absolute Gasteiger partial charge is 0.313 e. The van der Waals surface area contributed by atoms with Crippen LogP contribution in [0.15, 0.2) is 52.9 Å². The molecule has 3 rings (SSSR count). The van der Waals surface area contributed by atoms with E-state index >= 15 is 0 Å². The summed E-state index contributed by atoms with van der Waals surface area (Å²) in [6.45, 7) is 4.83. The monoisotopic (exact) mass is 395 g/mol. The molecule has 1 aromatic heterocycles. The normalized spacial score (nSPS) is 11.0. The van der Waals surface area contributed by atoms with Crippen LogP contribution in [0, 0.1) is 0 Å². The van der Waals surface area contributed by atoms with Gasteiger partial charge in [-0.05, 0) is 51.2 Å². The highest BCUT2D eigenvalue weighted by atomic mass is 16.5. The maximum atomic E-state index is 13.3. The van der Waals surface area contributed by atoms with Crippen molar-refractivity contribution in [2.24, 2.45) is 0 Å². The summed E-state index contributed by atoms with van der Waals surface area (Å²) in [5, 5.41) is 3.69. The Kier molecular flexibility index (Phi) is 6.67. The molecule has 0 saturated carbocycles. The Bertz CT molecular complexity index is 988. The van der Waals surface area contributed by atoms with Crippen LogP contribution in [-0.4, -0.2) is 38.1 Å². The first-order chi connectivity index (χ1) is 14.0. The van der Waals surface area contributed by atoms with Gasteiger partial charge in [0.25, 0.3) is 0 Å². The van der Waals surface area contributed by atoms with E-state index in [2.05, 4.69) is 5.32 Å². The number of para-hydroxylation sites is 1. The highest BCUT2D eigenvalue weighted by Crippen LogP contribution is 2.29. The highest BCUT2D eigenvalue weighted by molar-refractivity contribution is 6.17. The standard InChI is InChI=1S/C23H25NO5/c1-15(2)28-21(25)14-20-22(18-6-4-5-7-19(18)29-20)23(26)16-8-10-17(11-9-16)27-13-12-24-3/h4-11,15,24H,12-14H2,1-3H3. The molecule has 1 N–H and O–H groups in total. The first kappa shape index (κ1) is 20.6. The molecule has 0 unspecified atom stereocenters. The summed E-state index contributed by atoms with van der Waals surface area (Å²) in [6, 6.07) is 14.2. The maximum absolute atomic E-state index is 13.3. The topological polar surface area (TPSA) is 77.8 Å². The molecular formula is C23H25NO5. The first-order valence-corrected chi connectivity index (χ1v) is 9.61. The molecule has 0 spiro atoms. The Morgan fingerprint density at radius 3 is 2.48 bits per heavy atom. The molecule has 0 radical (unpaired) electrons. The van der Waals surface area contributed by atoms with Crippen LogP contribution in [-0.2, 0) is 16.0 Å². The van der Waals surface area contributed by atoms with Gasteiger partial charge in [0.2, 0.25) is 0 Å². The molecule has 0 fully saturated rings. The predicted molar refractivity (Wildman–Crippen MR) is 110 cm³/mol. The molecule has 6 nitrogen and oxygen atoms in total. The number of benzene rings is 2. The summed E-state index contributed by atoms with van der Waals surface area (Å²) >= 11 is 0. The molecular weight excluding hydrogens is 370 g/mol. The molecule has 2 aromatic carbocycles. The van der Waals surface area contributed by atoms with Crippen LogP contribution in [0.3, 0.4) is 0 Å². The van der Waals surface area contributed by atoms with Crippen LogP contribution < -0.4 is 10.1 Å². The van der Waals surface area contributed by atoms with Crippen molar-refractivity contribution in [1.82, 2.24) is 5.32 Å². The minimum atomic E-state index is -0.429. The first-order valence-electron chi connectivity index (χ1n) is 9.61. The summed E-state index contributed by atoms with van der Waals surface area (Å²) < 4.78 is 16.7. The van der Waals surface area contributed by atoms with Crippen LogP contribution in [0.5, 0.6) is 5.75 Å². The average Bonchev–Trinajstić information content (AvgIpc) is 3.05. The molecule has 0 aliphatic heterocycles. The summed E-state index contributed by atoms with van der Waals surface area (Å²) in [5.41, 5.74) is 1.45. The van der Waals surface area contributed by atoms with Gasteiger partial charge in [0.15, 0.2) is 5.78 Å². The number of hydrogen-bond donors (Lipinski definition) is 1. The van der Waals surface area contributed by atoms with E-state index in [1.54, 1.807) is 44.2 Å². The Morgan fingerprint density at radius 2 is 1.79 bits per heavy atom. The Morgan fingerprint density at radius 1 is 1.07 bits per heavy atom. The Balaban J connectivity index is 1.90. The molecule has 152 valence electrons. The van der Waals surface area contributed by atoms with Gasteiger partial charge in [-0.2, -0.15) is 0 Å². The number of hydrogen-bond acceptors (Lipinski definition) is 6. The maximum Gasteiger partial charge on any atom is 0.313 e. The average molecular weight is 395 g/mol. The number of fused-ring (bicyclic) bond motifs is 1. The molecule has 3 aromatic rings. The Labute approximate surface area is 169 Å². The van der Waals surface area contributed by atoms with Crippen LogP contribution >= 0.6 is 0 Å². The van der Waals surface area contributed by atoms with E-state index in [0.717, 1.165) is 6.54 Å². The third kappa shape index (κ3) is 5.03. The lowest BCUT2D eigenvalue weighted by Gasteiger charge is -2.08. The van der Waals surface area contributed by atoms with Crippen molar-refractivity contribution in [3.8, 4) is 5.75 Å². The van der Waals surface area contributed by atoms with Crippen LogP contribution in [0.4, 0.5) is 0 Å². The molecule has 29 heavy (non-hydrogen) atoms. The number of carbonyl (C=O) groups is 2. The molecule has 0 aliphatic carbocycles. The van der Waals surface area contributed by atoms with Crippen molar-refractivity contribution in [2.45, 2.75) is 26.4 Å². The number of carbonyl (C=O) groups excluding carboxylic acids is 2. The number of esters is 1. The number of nitrogens with one attached hydrogen (secondary N) is 1. The van der Waals surface area contributed by atoms with Crippen molar-refractivity contribution in [1.29, 1.82) is 0 Å². The van der Waals surface area contributed by atoms with Gasteiger partial charge in [0.05, 0.1) is 11.7 Å². The van der Waals surface area contributed by atoms with E-state index < -0.39 is 5.97 Å². The summed E-state index contributed by atoms with van der Waals surface area (Å²) in [4.78, 5) is 25.4. The van der Waals surface area contributed by atoms with Gasteiger partial charge in [0, 0.05) is 17.5 Å². The van der Waals surface area contributed by atoms with Crippen molar-refractivity contribution in [3.63, 3.8) is 0 Å². The van der Waals surface area contributed by atoms with Gasteiger partial charge in [-0.1, -0.05) is 18.2 Å². The number of furan rings is 1. The lowest BCUT2D eigenvalue weighted by molar-refractivity contribution is -0.146. The van der Waals surface area contributed by atoms with Gasteiger partial charge in [0.1, 0.15) is 30.1 Å². The molecule has 0 bridgehead atoms. The van der Waals surface area contributed by atoms with Gasteiger partial charge in [-0.3, -0.25) is 9.59 Å². The fraction of sp³-hybridized carbons (Fsp3) is 0.304. The zero-order chi connectivity index (χ0) is 20.8. The van der Waals surface area contributed by atoms with Crippen LogP contribution in [0.1, 0.15) is 35.5 Å². The number of ketones is 1. The number of likely N-dealkylation sites (N-methyl/N-ethyl adjacent to an activating group) is 1. The molecule has 0 amide bonds. The van der Waals surface area contributed by atoms with E-state index in [-0.39, 0.29) is 18.3 Å². The molecule has 0 atom stereocenters. The van der Waals surface area contributed by atoms with Gasteiger partial charge in [-0.15, -0.1) is 0 Å². The molecule has 0 saturated heterocycles. The largest absolute Gasteiger partial charge is 0.492 e. The van der Waals surface area contributed by atoms with E-state index in [0.29, 0.717) is 40.2 Å². The number of rotatable bonds is 9. The lowest BCUT2D eigenvalue weighted by atomic mass is 9.99.